The first-order chi connectivity index (χ1) is 15.6. The van der Waals surface area contributed by atoms with Gasteiger partial charge < -0.3 is 14.8 Å². The van der Waals surface area contributed by atoms with Crippen LogP contribution in [-0.2, 0) is 9.53 Å². The Bertz CT molecular complexity index is 1260. The molecule has 5 nitrogen and oxygen atoms in total. The van der Waals surface area contributed by atoms with Gasteiger partial charge in [-0.15, -0.1) is 11.3 Å². The fourth-order valence-corrected chi connectivity index (χ4v) is 4.59. The van der Waals surface area contributed by atoms with Gasteiger partial charge in [0.05, 0.1) is 6.61 Å². The number of carbonyl (C=O) groups is 2. The molecule has 0 aliphatic carbocycles. The molecule has 0 aliphatic rings. The molecule has 1 N–H and O–H groups in total. The van der Waals surface area contributed by atoms with Crippen LogP contribution in [0.1, 0.15) is 17.3 Å². The Labute approximate surface area is 198 Å². The van der Waals surface area contributed by atoms with Crippen LogP contribution < -0.4 is 10.1 Å². The van der Waals surface area contributed by atoms with E-state index in [2.05, 4.69) is 21.2 Å². The number of hydrogen-bond acceptors (Lipinski definition) is 5. The standard InChI is InChI=1S/C25H20BrNO4S/c1-2-30-25(29)23-21(20-9-5-7-16-6-3-4-8-19(16)20)15-32-24(23)27-22(28)14-31-18-12-10-17(26)11-13-18/h3-13,15H,2,14H2,1H3,(H,27,28). The summed E-state index contributed by atoms with van der Waals surface area (Å²) in [5, 5.41) is 7.22. The van der Waals surface area contributed by atoms with Gasteiger partial charge in [0.25, 0.3) is 5.91 Å². The van der Waals surface area contributed by atoms with Gasteiger partial charge in [0.2, 0.25) is 0 Å². The van der Waals surface area contributed by atoms with E-state index in [4.69, 9.17) is 9.47 Å². The van der Waals surface area contributed by atoms with Crippen LogP contribution in [0.4, 0.5) is 5.00 Å². The van der Waals surface area contributed by atoms with Crippen molar-refractivity contribution >= 4 is 54.9 Å². The zero-order chi connectivity index (χ0) is 22.5. The highest BCUT2D eigenvalue weighted by molar-refractivity contribution is 9.10. The number of thiophene rings is 1. The molecule has 0 aliphatic heterocycles. The van der Waals surface area contributed by atoms with Crippen LogP contribution in [0.3, 0.4) is 0 Å². The summed E-state index contributed by atoms with van der Waals surface area (Å²) in [5.74, 6) is -0.248. The minimum absolute atomic E-state index is 0.175. The van der Waals surface area contributed by atoms with Crippen LogP contribution in [-0.4, -0.2) is 25.1 Å². The Kier molecular flexibility index (Phi) is 6.87. The number of esters is 1. The Balaban J connectivity index is 1.62. The lowest BCUT2D eigenvalue weighted by molar-refractivity contribution is -0.118. The number of nitrogens with one attached hydrogen (secondary N) is 1. The smallest absolute Gasteiger partial charge is 0.341 e. The van der Waals surface area contributed by atoms with E-state index in [9.17, 15) is 9.59 Å². The SMILES string of the molecule is CCOC(=O)c1c(-c2cccc3ccccc23)csc1NC(=O)COc1ccc(Br)cc1. The second-order valence-electron chi connectivity index (χ2n) is 6.89. The van der Waals surface area contributed by atoms with E-state index in [1.54, 1.807) is 19.1 Å². The maximum Gasteiger partial charge on any atom is 0.341 e. The Hall–Kier alpha value is -3.16. The molecule has 1 heterocycles. The van der Waals surface area contributed by atoms with Gasteiger partial charge in [-0.1, -0.05) is 58.4 Å². The lowest BCUT2D eigenvalue weighted by Gasteiger charge is -2.11. The van der Waals surface area contributed by atoms with Gasteiger partial charge in [-0.25, -0.2) is 4.79 Å². The highest BCUT2D eigenvalue weighted by atomic mass is 79.9. The first kappa shape index (κ1) is 22.0. The lowest BCUT2D eigenvalue weighted by Crippen LogP contribution is -2.21. The largest absolute Gasteiger partial charge is 0.484 e. The summed E-state index contributed by atoms with van der Waals surface area (Å²) >= 11 is 4.65. The van der Waals surface area contributed by atoms with Crippen LogP contribution in [0.5, 0.6) is 5.75 Å². The highest BCUT2D eigenvalue weighted by Crippen LogP contribution is 2.39. The predicted molar refractivity (Wildman–Crippen MR) is 131 cm³/mol. The van der Waals surface area contributed by atoms with Crippen LogP contribution in [0.25, 0.3) is 21.9 Å². The second-order valence-corrected chi connectivity index (χ2v) is 8.69. The number of ether oxygens (including phenoxy) is 2. The van der Waals surface area contributed by atoms with Crippen molar-refractivity contribution in [1.82, 2.24) is 0 Å². The Morgan fingerprint density at radius 3 is 2.50 bits per heavy atom. The monoisotopic (exact) mass is 509 g/mol. The van der Waals surface area contributed by atoms with E-state index < -0.39 is 5.97 Å². The number of carbonyl (C=O) groups excluding carboxylic acids is 2. The van der Waals surface area contributed by atoms with Gasteiger partial charge in [0.15, 0.2) is 6.61 Å². The van der Waals surface area contributed by atoms with Crippen LogP contribution in [0, 0.1) is 0 Å². The fraction of sp³-hybridized carbons (Fsp3) is 0.120. The second kappa shape index (κ2) is 9.97. The number of benzene rings is 3. The summed E-state index contributed by atoms with van der Waals surface area (Å²) in [5.41, 5.74) is 1.99. The number of anilines is 1. The maximum atomic E-state index is 12.8. The molecule has 0 spiro atoms. The fourth-order valence-electron chi connectivity index (χ4n) is 3.36. The van der Waals surface area contributed by atoms with E-state index in [-0.39, 0.29) is 19.1 Å². The molecule has 162 valence electrons. The quantitative estimate of drug-likeness (QED) is 0.288. The summed E-state index contributed by atoms with van der Waals surface area (Å²) in [4.78, 5) is 25.4. The summed E-state index contributed by atoms with van der Waals surface area (Å²) in [6.07, 6.45) is 0. The highest BCUT2D eigenvalue weighted by Gasteiger charge is 2.23. The molecule has 0 atom stereocenters. The first-order valence-electron chi connectivity index (χ1n) is 10.0. The zero-order valence-corrected chi connectivity index (χ0v) is 19.7. The van der Waals surface area contributed by atoms with Crippen molar-refractivity contribution in [3.8, 4) is 16.9 Å². The van der Waals surface area contributed by atoms with Gasteiger partial charge in [-0.05, 0) is 47.5 Å². The van der Waals surface area contributed by atoms with Crippen LogP contribution in [0.2, 0.25) is 0 Å². The van der Waals surface area contributed by atoms with Crippen molar-refractivity contribution in [2.24, 2.45) is 0 Å². The molecular formula is C25H20BrNO4S. The predicted octanol–water partition coefficient (Wildman–Crippen LogP) is 6.53. The number of amides is 1. The average Bonchev–Trinajstić information content (AvgIpc) is 3.21. The molecule has 0 unspecified atom stereocenters. The third-order valence-electron chi connectivity index (χ3n) is 4.79. The van der Waals surface area contributed by atoms with Crippen molar-refractivity contribution in [2.75, 3.05) is 18.5 Å². The average molecular weight is 510 g/mol. The Morgan fingerprint density at radius 1 is 0.969 bits per heavy atom. The maximum absolute atomic E-state index is 12.8. The zero-order valence-electron chi connectivity index (χ0n) is 17.3. The van der Waals surface area contributed by atoms with Crippen LogP contribution in [0.15, 0.2) is 76.6 Å². The van der Waals surface area contributed by atoms with Crippen molar-refractivity contribution in [1.29, 1.82) is 0 Å². The third-order valence-corrected chi connectivity index (χ3v) is 6.21. The Morgan fingerprint density at radius 2 is 1.72 bits per heavy atom. The normalized spacial score (nSPS) is 10.7. The molecule has 1 aromatic heterocycles. The molecule has 0 radical (unpaired) electrons. The van der Waals surface area contributed by atoms with Crippen molar-refractivity contribution in [3.63, 3.8) is 0 Å². The minimum Gasteiger partial charge on any atom is -0.484 e. The van der Waals surface area contributed by atoms with Gasteiger partial charge >= 0.3 is 5.97 Å². The third kappa shape index (κ3) is 4.84. The molecule has 7 heteroatoms. The van der Waals surface area contributed by atoms with Crippen LogP contribution >= 0.6 is 27.3 Å². The molecule has 32 heavy (non-hydrogen) atoms. The molecule has 4 aromatic rings. The van der Waals surface area contributed by atoms with E-state index in [0.717, 1.165) is 26.4 Å². The lowest BCUT2D eigenvalue weighted by atomic mass is 9.97. The molecule has 0 bridgehead atoms. The summed E-state index contributed by atoms with van der Waals surface area (Å²) in [7, 11) is 0. The van der Waals surface area contributed by atoms with E-state index >= 15 is 0 Å². The number of fused-ring (bicyclic) bond motifs is 1. The van der Waals surface area contributed by atoms with Gasteiger partial charge in [0, 0.05) is 15.4 Å². The van der Waals surface area contributed by atoms with Crippen molar-refractivity contribution < 1.29 is 19.1 Å². The number of halogens is 1. The minimum atomic E-state index is -0.471. The summed E-state index contributed by atoms with van der Waals surface area (Å²) < 4.78 is 11.8. The molecule has 4 rings (SSSR count). The van der Waals surface area contributed by atoms with E-state index in [0.29, 0.717) is 16.3 Å². The summed E-state index contributed by atoms with van der Waals surface area (Å²) in [6, 6.07) is 21.1. The molecule has 0 fully saturated rings. The van der Waals surface area contributed by atoms with Gasteiger partial charge in [-0.2, -0.15) is 0 Å². The van der Waals surface area contributed by atoms with E-state index in [1.165, 1.54) is 11.3 Å². The van der Waals surface area contributed by atoms with Gasteiger partial charge in [-0.3, -0.25) is 4.79 Å². The molecule has 0 saturated carbocycles. The van der Waals surface area contributed by atoms with Gasteiger partial charge in [0.1, 0.15) is 16.3 Å². The molecule has 0 saturated heterocycles. The molecule has 3 aromatic carbocycles. The first-order valence-corrected chi connectivity index (χ1v) is 11.7. The van der Waals surface area contributed by atoms with E-state index in [1.807, 2.05) is 60.0 Å². The molecular weight excluding hydrogens is 490 g/mol. The van der Waals surface area contributed by atoms with Crippen molar-refractivity contribution in [3.05, 3.63) is 82.1 Å². The summed E-state index contributed by atoms with van der Waals surface area (Å²) in [6.45, 7) is 1.82. The number of rotatable bonds is 7. The van der Waals surface area contributed by atoms with Crippen molar-refractivity contribution in [2.45, 2.75) is 6.92 Å². The topological polar surface area (TPSA) is 64.6 Å². The molecule has 1 amide bonds. The number of hydrogen-bond donors (Lipinski definition) is 1.